The molecule has 0 amide bonds. The number of alkyl halides is 3. The van der Waals surface area contributed by atoms with Gasteiger partial charge in [-0.05, 0) is 17.7 Å². The van der Waals surface area contributed by atoms with E-state index >= 15 is 0 Å². The van der Waals surface area contributed by atoms with Crippen molar-refractivity contribution in [1.82, 2.24) is 0 Å². The predicted octanol–water partition coefficient (Wildman–Crippen LogP) is 2.90. The van der Waals surface area contributed by atoms with Crippen LogP contribution in [0.25, 0.3) is 0 Å². The van der Waals surface area contributed by atoms with Gasteiger partial charge in [-0.1, -0.05) is 12.1 Å². The van der Waals surface area contributed by atoms with Gasteiger partial charge in [0.2, 0.25) is 0 Å². The molecule has 18 heavy (non-hydrogen) atoms. The van der Waals surface area contributed by atoms with Gasteiger partial charge in [-0.3, -0.25) is 4.79 Å². The van der Waals surface area contributed by atoms with Gasteiger partial charge in [-0.25, -0.2) is 0 Å². The Bertz CT molecular complexity index is 398. The van der Waals surface area contributed by atoms with Crippen molar-refractivity contribution in [2.45, 2.75) is 18.5 Å². The Labute approximate surface area is 103 Å². The van der Waals surface area contributed by atoms with Gasteiger partial charge in [-0.2, -0.15) is 13.2 Å². The smallest absolute Gasteiger partial charge is 0.396 e. The molecule has 3 nitrogen and oxygen atoms in total. The second-order valence-corrected chi connectivity index (χ2v) is 3.65. The molecule has 1 atom stereocenters. The molecule has 6 heteroatoms. The molecule has 1 aromatic rings. The molecule has 0 heterocycles. The minimum atomic E-state index is -4.50. The maximum Gasteiger partial charge on any atom is 0.396 e. The molecule has 0 aliphatic rings. The minimum Gasteiger partial charge on any atom is -0.497 e. The van der Waals surface area contributed by atoms with Crippen molar-refractivity contribution in [3.05, 3.63) is 29.8 Å². The van der Waals surface area contributed by atoms with Gasteiger partial charge in [0.05, 0.1) is 26.6 Å². The molecule has 0 unspecified atom stereocenters. The standard InChI is InChI=1S/C12H13F3O3/c1-17-9-5-3-8(4-6-9)10(12(13,14)15)7-11(16)18-2/h3-6,10H,7H2,1-2H3/t10-/m0/s1. The van der Waals surface area contributed by atoms with E-state index < -0.39 is 24.5 Å². The van der Waals surface area contributed by atoms with Crippen LogP contribution < -0.4 is 4.74 Å². The van der Waals surface area contributed by atoms with E-state index in [1.54, 1.807) is 0 Å². The van der Waals surface area contributed by atoms with Gasteiger partial charge in [-0.15, -0.1) is 0 Å². The number of benzene rings is 1. The van der Waals surface area contributed by atoms with Crippen LogP contribution in [0.4, 0.5) is 13.2 Å². The summed E-state index contributed by atoms with van der Waals surface area (Å²) in [4.78, 5) is 11.0. The van der Waals surface area contributed by atoms with Crippen LogP contribution in [0, 0.1) is 0 Å². The lowest BCUT2D eigenvalue weighted by molar-refractivity contribution is -0.164. The van der Waals surface area contributed by atoms with Crippen molar-refractivity contribution in [1.29, 1.82) is 0 Å². The first kappa shape index (κ1) is 14.3. The molecule has 0 radical (unpaired) electrons. The summed E-state index contributed by atoms with van der Waals surface area (Å²) < 4.78 is 47.7. The number of rotatable bonds is 4. The van der Waals surface area contributed by atoms with Crippen molar-refractivity contribution in [2.75, 3.05) is 14.2 Å². The molecule has 1 aromatic carbocycles. The first-order chi connectivity index (χ1) is 8.38. The number of methoxy groups -OCH3 is 2. The van der Waals surface area contributed by atoms with Crippen molar-refractivity contribution >= 4 is 5.97 Å². The minimum absolute atomic E-state index is 0.00806. The van der Waals surface area contributed by atoms with Gasteiger partial charge in [0, 0.05) is 0 Å². The Morgan fingerprint density at radius 2 is 1.78 bits per heavy atom. The molecule has 1 rings (SSSR count). The largest absolute Gasteiger partial charge is 0.497 e. The van der Waals surface area contributed by atoms with Crippen molar-refractivity contribution in [3.8, 4) is 5.75 Å². The number of carbonyl (C=O) groups excluding carboxylic acids is 1. The van der Waals surface area contributed by atoms with Crippen LogP contribution in [0.3, 0.4) is 0 Å². The lowest BCUT2D eigenvalue weighted by atomic mass is 9.95. The zero-order chi connectivity index (χ0) is 13.8. The fraction of sp³-hybridized carbons (Fsp3) is 0.417. The number of ether oxygens (including phenoxy) is 2. The van der Waals surface area contributed by atoms with Crippen LogP contribution >= 0.6 is 0 Å². The molecule has 0 saturated heterocycles. The quantitative estimate of drug-likeness (QED) is 0.783. The van der Waals surface area contributed by atoms with Crippen LogP contribution in [0.1, 0.15) is 17.9 Å². The van der Waals surface area contributed by atoms with Crippen LogP contribution in [-0.2, 0) is 9.53 Å². The summed E-state index contributed by atoms with van der Waals surface area (Å²) in [6.07, 6.45) is -5.23. The molecule has 0 aliphatic carbocycles. The monoisotopic (exact) mass is 262 g/mol. The molecular formula is C12H13F3O3. The van der Waals surface area contributed by atoms with E-state index in [2.05, 4.69) is 4.74 Å². The number of carbonyl (C=O) groups is 1. The first-order valence-electron chi connectivity index (χ1n) is 5.16. The van der Waals surface area contributed by atoms with Crippen LogP contribution in [0.2, 0.25) is 0 Å². The molecule has 0 N–H and O–H groups in total. The average Bonchev–Trinajstić information content (AvgIpc) is 2.34. The molecule has 0 bridgehead atoms. The summed E-state index contributed by atoms with van der Waals surface area (Å²) in [6.45, 7) is 0. The molecule has 0 spiro atoms. The third-order valence-corrected chi connectivity index (χ3v) is 2.51. The van der Waals surface area contributed by atoms with E-state index in [9.17, 15) is 18.0 Å². The fourth-order valence-corrected chi connectivity index (χ4v) is 1.51. The Hall–Kier alpha value is -1.72. The maximum absolute atomic E-state index is 12.8. The van der Waals surface area contributed by atoms with Gasteiger partial charge in [0.25, 0.3) is 0 Å². The van der Waals surface area contributed by atoms with Crippen LogP contribution in [0.5, 0.6) is 5.75 Å². The van der Waals surface area contributed by atoms with Crippen LogP contribution in [0.15, 0.2) is 24.3 Å². The predicted molar refractivity (Wildman–Crippen MR) is 58.4 cm³/mol. The van der Waals surface area contributed by atoms with Crippen molar-refractivity contribution < 1.29 is 27.4 Å². The fourth-order valence-electron chi connectivity index (χ4n) is 1.51. The average molecular weight is 262 g/mol. The highest BCUT2D eigenvalue weighted by Crippen LogP contribution is 2.38. The van der Waals surface area contributed by atoms with E-state index in [1.807, 2.05) is 0 Å². The molecule has 0 fully saturated rings. The lowest BCUT2D eigenvalue weighted by Gasteiger charge is -2.19. The molecular weight excluding hydrogens is 249 g/mol. The molecule has 0 saturated carbocycles. The summed E-state index contributed by atoms with van der Waals surface area (Å²) >= 11 is 0. The maximum atomic E-state index is 12.8. The Morgan fingerprint density at radius 3 is 2.17 bits per heavy atom. The third-order valence-electron chi connectivity index (χ3n) is 2.51. The van der Waals surface area contributed by atoms with Crippen molar-refractivity contribution in [2.24, 2.45) is 0 Å². The highest BCUT2D eigenvalue weighted by Gasteiger charge is 2.42. The summed E-state index contributed by atoms with van der Waals surface area (Å²) in [6, 6.07) is 5.43. The van der Waals surface area contributed by atoms with Gasteiger partial charge < -0.3 is 9.47 Å². The molecule has 0 aromatic heterocycles. The zero-order valence-corrected chi connectivity index (χ0v) is 9.95. The normalized spacial score (nSPS) is 12.9. The zero-order valence-electron chi connectivity index (χ0n) is 9.95. The van der Waals surface area contributed by atoms with Crippen molar-refractivity contribution in [3.63, 3.8) is 0 Å². The summed E-state index contributed by atoms with van der Waals surface area (Å²) in [5.41, 5.74) is 0.00806. The Balaban J connectivity index is 2.98. The second-order valence-electron chi connectivity index (χ2n) is 3.65. The van der Waals surface area contributed by atoms with E-state index in [0.29, 0.717) is 5.75 Å². The summed E-state index contributed by atoms with van der Waals surface area (Å²) in [5, 5.41) is 0. The van der Waals surface area contributed by atoms with E-state index in [0.717, 1.165) is 7.11 Å². The Kier molecular flexibility index (Phi) is 4.58. The third kappa shape index (κ3) is 3.65. The Morgan fingerprint density at radius 1 is 1.22 bits per heavy atom. The highest BCUT2D eigenvalue weighted by molar-refractivity contribution is 5.70. The first-order valence-corrected chi connectivity index (χ1v) is 5.16. The second kappa shape index (κ2) is 5.75. The SMILES string of the molecule is COC(=O)C[C@@H](c1ccc(OC)cc1)C(F)(F)F. The lowest BCUT2D eigenvalue weighted by Crippen LogP contribution is -2.24. The van der Waals surface area contributed by atoms with Gasteiger partial charge in [0.1, 0.15) is 5.75 Å². The topological polar surface area (TPSA) is 35.5 Å². The number of halogens is 3. The van der Waals surface area contributed by atoms with Crippen LogP contribution in [-0.4, -0.2) is 26.4 Å². The van der Waals surface area contributed by atoms with E-state index in [-0.39, 0.29) is 5.56 Å². The summed E-state index contributed by atoms with van der Waals surface area (Å²) in [7, 11) is 2.48. The highest BCUT2D eigenvalue weighted by atomic mass is 19.4. The van der Waals surface area contributed by atoms with E-state index in [4.69, 9.17) is 4.74 Å². The summed E-state index contributed by atoms with van der Waals surface area (Å²) in [5.74, 6) is -2.30. The van der Waals surface area contributed by atoms with E-state index in [1.165, 1.54) is 31.4 Å². The number of hydrogen-bond acceptors (Lipinski definition) is 3. The van der Waals surface area contributed by atoms with Gasteiger partial charge in [0.15, 0.2) is 0 Å². The number of hydrogen-bond donors (Lipinski definition) is 0. The number of esters is 1. The molecule has 100 valence electrons. The van der Waals surface area contributed by atoms with Gasteiger partial charge >= 0.3 is 12.1 Å². The molecule has 0 aliphatic heterocycles.